The zero-order valence-electron chi connectivity index (χ0n) is 17.5. The van der Waals surface area contributed by atoms with E-state index in [9.17, 15) is 19.2 Å². The van der Waals surface area contributed by atoms with Crippen molar-refractivity contribution in [2.75, 3.05) is 13.2 Å². The second kappa shape index (κ2) is 11.0. The Morgan fingerprint density at radius 3 is 2.60 bits per heavy atom. The van der Waals surface area contributed by atoms with Gasteiger partial charge in [0, 0.05) is 24.5 Å². The average molecular weight is 411 g/mol. The molecule has 6 nitrogen and oxygen atoms in total. The molecule has 1 N–H and O–H groups in total. The number of nitriles is 1. The van der Waals surface area contributed by atoms with Crippen molar-refractivity contribution in [2.24, 2.45) is 0 Å². The van der Waals surface area contributed by atoms with Gasteiger partial charge in [-0.15, -0.1) is 0 Å². The number of hydrogen-bond donors (Lipinski definition) is 1. The molecule has 2 rings (SSSR count). The van der Waals surface area contributed by atoms with Crippen LogP contribution in [0.15, 0.2) is 35.9 Å². The first kappa shape index (κ1) is 22.9. The van der Waals surface area contributed by atoms with E-state index in [2.05, 4.69) is 16.8 Å². The van der Waals surface area contributed by atoms with Gasteiger partial charge in [-0.05, 0) is 62.1 Å². The molecule has 0 aliphatic rings. The molecule has 1 aromatic heterocycles. The van der Waals surface area contributed by atoms with Crippen LogP contribution in [0.4, 0.5) is 4.39 Å². The van der Waals surface area contributed by atoms with Crippen LogP contribution in [-0.2, 0) is 27.3 Å². The third kappa shape index (κ3) is 6.31. The molecule has 2 aromatic rings. The van der Waals surface area contributed by atoms with Gasteiger partial charge in [-0.1, -0.05) is 19.1 Å². The summed E-state index contributed by atoms with van der Waals surface area (Å²) in [4.78, 5) is 24.1. The van der Waals surface area contributed by atoms with E-state index in [-0.39, 0.29) is 11.4 Å². The minimum Gasteiger partial charge on any atom is -0.451 e. The molecule has 0 saturated carbocycles. The summed E-state index contributed by atoms with van der Waals surface area (Å²) in [5.41, 5.74) is 3.51. The summed E-state index contributed by atoms with van der Waals surface area (Å²) < 4.78 is 20.0. The van der Waals surface area contributed by atoms with Crippen molar-refractivity contribution in [3.05, 3.63) is 64.2 Å². The van der Waals surface area contributed by atoms with Gasteiger partial charge in [-0.25, -0.2) is 9.18 Å². The van der Waals surface area contributed by atoms with Gasteiger partial charge < -0.3 is 14.6 Å². The Labute approximate surface area is 176 Å². The summed E-state index contributed by atoms with van der Waals surface area (Å²) in [5.74, 6) is -1.63. The van der Waals surface area contributed by atoms with Crippen LogP contribution in [0.2, 0.25) is 0 Å². The molecule has 0 aliphatic heterocycles. The molecule has 0 atom stereocenters. The van der Waals surface area contributed by atoms with E-state index in [0.717, 1.165) is 35.5 Å². The highest BCUT2D eigenvalue weighted by molar-refractivity contribution is 5.99. The summed E-state index contributed by atoms with van der Waals surface area (Å²) in [5, 5.41) is 12.0. The number of aromatic nitrogens is 1. The molecule has 0 saturated heterocycles. The normalized spacial score (nSPS) is 11.1. The third-order valence-electron chi connectivity index (χ3n) is 4.68. The lowest BCUT2D eigenvalue weighted by Crippen LogP contribution is -2.30. The summed E-state index contributed by atoms with van der Waals surface area (Å²) in [6.07, 6.45) is 2.99. The van der Waals surface area contributed by atoms with Crippen LogP contribution in [0.1, 0.15) is 35.9 Å². The van der Waals surface area contributed by atoms with Crippen molar-refractivity contribution >= 4 is 18.0 Å². The van der Waals surface area contributed by atoms with Gasteiger partial charge in [-0.3, -0.25) is 4.79 Å². The minimum atomic E-state index is -0.841. The third-order valence-corrected chi connectivity index (χ3v) is 4.68. The second-order valence-corrected chi connectivity index (χ2v) is 6.95. The van der Waals surface area contributed by atoms with Crippen molar-refractivity contribution in [1.29, 1.82) is 5.26 Å². The standard InChI is InChI=1S/C23H26FN3O3/c1-4-11-27-16(2)12-19(17(27)3)13-20(14-25)23(29)30-15-22(28)26-10-9-18-5-7-21(24)8-6-18/h5-8,12-13H,4,9-11,15H2,1-3H3,(H,26,28)/b20-13+. The van der Waals surface area contributed by atoms with E-state index in [1.165, 1.54) is 18.2 Å². The number of carbonyl (C=O) groups excluding carboxylic acids is 2. The number of benzene rings is 1. The van der Waals surface area contributed by atoms with E-state index in [1.54, 1.807) is 12.1 Å². The monoisotopic (exact) mass is 411 g/mol. The number of nitrogens with zero attached hydrogens (tertiary/aromatic N) is 2. The molecule has 1 aromatic carbocycles. The lowest BCUT2D eigenvalue weighted by atomic mass is 10.1. The highest BCUT2D eigenvalue weighted by atomic mass is 19.1. The number of amides is 1. The van der Waals surface area contributed by atoms with Crippen LogP contribution in [0.5, 0.6) is 0 Å². The molecule has 1 heterocycles. The molecule has 0 radical (unpaired) electrons. The molecule has 0 fully saturated rings. The van der Waals surface area contributed by atoms with Crippen LogP contribution in [0, 0.1) is 31.0 Å². The maximum atomic E-state index is 12.9. The molecule has 30 heavy (non-hydrogen) atoms. The van der Waals surface area contributed by atoms with Gasteiger partial charge in [0.2, 0.25) is 0 Å². The number of carbonyl (C=O) groups is 2. The number of aryl methyl sites for hydroxylation is 1. The first-order chi connectivity index (χ1) is 14.3. The molecule has 0 spiro atoms. The van der Waals surface area contributed by atoms with Gasteiger partial charge in [0.15, 0.2) is 6.61 Å². The number of ether oxygens (including phenoxy) is 1. The predicted octanol–water partition coefficient (Wildman–Crippen LogP) is 3.46. The Bertz CT molecular complexity index is 969. The summed E-state index contributed by atoms with van der Waals surface area (Å²) in [7, 11) is 0. The lowest BCUT2D eigenvalue weighted by Gasteiger charge is -2.07. The number of rotatable bonds is 9. The van der Waals surface area contributed by atoms with E-state index in [1.807, 2.05) is 26.0 Å². The van der Waals surface area contributed by atoms with Gasteiger partial charge in [0.05, 0.1) is 0 Å². The maximum Gasteiger partial charge on any atom is 0.349 e. The van der Waals surface area contributed by atoms with E-state index in [4.69, 9.17) is 4.74 Å². The first-order valence-corrected chi connectivity index (χ1v) is 9.82. The summed E-state index contributed by atoms with van der Waals surface area (Å²) in [6.45, 7) is 6.69. The number of esters is 1. The number of nitrogens with one attached hydrogen (secondary N) is 1. The smallest absolute Gasteiger partial charge is 0.349 e. The highest BCUT2D eigenvalue weighted by Crippen LogP contribution is 2.19. The second-order valence-electron chi connectivity index (χ2n) is 6.95. The largest absolute Gasteiger partial charge is 0.451 e. The zero-order chi connectivity index (χ0) is 22.1. The van der Waals surface area contributed by atoms with Gasteiger partial charge in [0.1, 0.15) is 17.5 Å². The lowest BCUT2D eigenvalue weighted by molar-refractivity contribution is -0.144. The van der Waals surface area contributed by atoms with Crippen LogP contribution >= 0.6 is 0 Å². The average Bonchev–Trinajstić information content (AvgIpc) is 2.99. The minimum absolute atomic E-state index is 0.161. The molecule has 7 heteroatoms. The summed E-state index contributed by atoms with van der Waals surface area (Å²) >= 11 is 0. The molecule has 0 unspecified atom stereocenters. The molecular weight excluding hydrogens is 385 g/mol. The summed E-state index contributed by atoms with van der Waals surface area (Å²) in [6, 6.07) is 9.76. The number of hydrogen-bond acceptors (Lipinski definition) is 4. The highest BCUT2D eigenvalue weighted by Gasteiger charge is 2.15. The Hall–Kier alpha value is -3.40. The fraction of sp³-hybridized carbons (Fsp3) is 0.348. The quantitative estimate of drug-likeness (QED) is 0.389. The maximum absolute atomic E-state index is 12.9. The van der Waals surface area contributed by atoms with E-state index in [0.29, 0.717) is 13.0 Å². The fourth-order valence-corrected chi connectivity index (χ4v) is 3.09. The molecule has 1 amide bonds. The molecule has 0 bridgehead atoms. The Balaban J connectivity index is 1.88. The zero-order valence-corrected chi connectivity index (χ0v) is 17.5. The van der Waals surface area contributed by atoms with Crippen LogP contribution in [0.3, 0.4) is 0 Å². The van der Waals surface area contributed by atoms with Crippen molar-refractivity contribution in [3.63, 3.8) is 0 Å². The van der Waals surface area contributed by atoms with Crippen LogP contribution in [-0.4, -0.2) is 29.6 Å². The first-order valence-electron chi connectivity index (χ1n) is 9.82. The van der Waals surface area contributed by atoms with Gasteiger partial charge >= 0.3 is 5.97 Å². The van der Waals surface area contributed by atoms with Crippen LogP contribution in [0.25, 0.3) is 6.08 Å². The predicted molar refractivity (Wildman–Crippen MR) is 112 cm³/mol. The molecular formula is C23H26FN3O3. The van der Waals surface area contributed by atoms with Gasteiger partial charge in [-0.2, -0.15) is 5.26 Å². The van der Waals surface area contributed by atoms with E-state index >= 15 is 0 Å². The van der Waals surface area contributed by atoms with Crippen LogP contribution < -0.4 is 5.32 Å². The molecule has 158 valence electrons. The number of halogens is 1. The van der Waals surface area contributed by atoms with Crippen molar-refractivity contribution in [3.8, 4) is 6.07 Å². The fourth-order valence-electron chi connectivity index (χ4n) is 3.09. The van der Waals surface area contributed by atoms with Crippen molar-refractivity contribution < 1.29 is 18.7 Å². The Kier molecular flexibility index (Phi) is 8.36. The topological polar surface area (TPSA) is 84.1 Å². The SMILES string of the molecule is CCCn1c(C)cc(/C=C(\C#N)C(=O)OCC(=O)NCCc2ccc(F)cc2)c1C. The Morgan fingerprint density at radius 2 is 1.97 bits per heavy atom. The van der Waals surface area contributed by atoms with Gasteiger partial charge in [0.25, 0.3) is 5.91 Å². The van der Waals surface area contributed by atoms with Crippen molar-refractivity contribution in [1.82, 2.24) is 9.88 Å². The van der Waals surface area contributed by atoms with Crippen molar-refractivity contribution in [2.45, 2.75) is 40.2 Å². The Morgan fingerprint density at radius 1 is 1.27 bits per heavy atom. The van der Waals surface area contributed by atoms with E-state index < -0.39 is 18.5 Å². The molecule has 0 aliphatic carbocycles.